The Morgan fingerprint density at radius 1 is 1.27 bits per heavy atom. The minimum atomic E-state index is 0.976. The summed E-state index contributed by atoms with van der Waals surface area (Å²) in [4.78, 5) is 0. The highest BCUT2D eigenvalue weighted by atomic mass is 14.2. The monoisotopic (exact) mass is 202 g/mol. The summed E-state index contributed by atoms with van der Waals surface area (Å²) in [6, 6.07) is 0. The fourth-order valence-electron chi connectivity index (χ4n) is 2.72. The van der Waals surface area contributed by atoms with Crippen LogP contribution in [0.5, 0.6) is 0 Å². The number of rotatable bonds is 3. The van der Waals surface area contributed by atoms with E-state index in [0.717, 1.165) is 11.8 Å². The molecule has 0 atom stereocenters. The SMILES string of the molecule is C=C1C=CC=C1CCC1CCC(C)CC1. The van der Waals surface area contributed by atoms with Gasteiger partial charge in [0.1, 0.15) is 0 Å². The third-order valence-corrected chi connectivity index (χ3v) is 3.96. The Bertz CT molecular complexity index is 285. The second-order valence-electron chi connectivity index (χ2n) is 5.24. The van der Waals surface area contributed by atoms with E-state index in [2.05, 4.69) is 31.7 Å². The molecule has 0 heterocycles. The van der Waals surface area contributed by atoms with Crippen LogP contribution in [0.1, 0.15) is 45.4 Å². The zero-order chi connectivity index (χ0) is 10.7. The first-order valence-electron chi connectivity index (χ1n) is 6.32. The van der Waals surface area contributed by atoms with E-state index in [1.165, 1.54) is 49.7 Å². The third-order valence-electron chi connectivity index (χ3n) is 3.96. The van der Waals surface area contributed by atoms with Crippen LogP contribution in [-0.4, -0.2) is 0 Å². The highest BCUT2D eigenvalue weighted by molar-refractivity contribution is 5.46. The van der Waals surface area contributed by atoms with Gasteiger partial charge in [0.05, 0.1) is 0 Å². The van der Waals surface area contributed by atoms with Crippen molar-refractivity contribution in [3.05, 3.63) is 36.0 Å². The summed E-state index contributed by atoms with van der Waals surface area (Å²) >= 11 is 0. The molecule has 82 valence electrons. The molecular weight excluding hydrogens is 180 g/mol. The van der Waals surface area contributed by atoms with Crippen LogP contribution in [0.2, 0.25) is 0 Å². The van der Waals surface area contributed by atoms with E-state index in [4.69, 9.17) is 0 Å². The molecule has 1 fully saturated rings. The number of hydrogen-bond acceptors (Lipinski definition) is 0. The normalized spacial score (nSPS) is 30.7. The molecule has 0 N–H and O–H groups in total. The molecule has 0 spiro atoms. The first kappa shape index (κ1) is 10.7. The standard InChI is InChI=1S/C15H22/c1-12-6-8-14(9-7-12)10-11-15-5-3-4-13(15)2/h3-5,12,14H,2,6-11H2,1H3. The topological polar surface area (TPSA) is 0 Å². The number of allylic oxidation sites excluding steroid dienone is 5. The van der Waals surface area contributed by atoms with Crippen molar-refractivity contribution < 1.29 is 0 Å². The van der Waals surface area contributed by atoms with Crippen LogP contribution in [0.4, 0.5) is 0 Å². The van der Waals surface area contributed by atoms with Gasteiger partial charge in [-0.1, -0.05) is 57.4 Å². The van der Waals surface area contributed by atoms with Crippen LogP contribution in [0.15, 0.2) is 36.0 Å². The van der Waals surface area contributed by atoms with Gasteiger partial charge in [0.2, 0.25) is 0 Å². The Balaban J connectivity index is 1.72. The highest BCUT2D eigenvalue weighted by Crippen LogP contribution is 2.33. The van der Waals surface area contributed by atoms with Gasteiger partial charge in [0.25, 0.3) is 0 Å². The summed E-state index contributed by atoms with van der Waals surface area (Å²) in [5.74, 6) is 1.96. The van der Waals surface area contributed by atoms with Crippen LogP contribution in [0.25, 0.3) is 0 Å². The molecule has 0 nitrogen and oxygen atoms in total. The Hall–Kier alpha value is -0.780. The van der Waals surface area contributed by atoms with Gasteiger partial charge in [0, 0.05) is 0 Å². The van der Waals surface area contributed by atoms with E-state index < -0.39 is 0 Å². The van der Waals surface area contributed by atoms with E-state index >= 15 is 0 Å². The molecule has 2 aliphatic rings. The van der Waals surface area contributed by atoms with Gasteiger partial charge < -0.3 is 0 Å². The molecule has 0 radical (unpaired) electrons. The van der Waals surface area contributed by atoms with Gasteiger partial charge in [0.15, 0.2) is 0 Å². The molecule has 0 amide bonds. The average Bonchev–Trinajstić information content (AvgIpc) is 2.63. The molecule has 0 aliphatic heterocycles. The van der Waals surface area contributed by atoms with Crippen molar-refractivity contribution in [2.45, 2.75) is 45.4 Å². The van der Waals surface area contributed by atoms with Gasteiger partial charge in [-0.05, 0) is 35.8 Å². The lowest BCUT2D eigenvalue weighted by atomic mass is 9.80. The van der Waals surface area contributed by atoms with Crippen molar-refractivity contribution in [2.75, 3.05) is 0 Å². The molecule has 2 aliphatic carbocycles. The quantitative estimate of drug-likeness (QED) is 0.625. The highest BCUT2D eigenvalue weighted by Gasteiger charge is 2.18. The molecule has 0 aromatic carbocycles. The van der Waals surface area contributed by atoms with Gasteiger partial charge >= 0.3 is 0 Å². The molecule has 0 aromatic heterocycles. The maximum absolute atomic E-state index is 4.06. The Morgan fingerprint density at radius 2 is 2.00 bits per heavy atom. The van der Waals surface area contributed by atoms with Crippen molar-refractivity contribution >= 4 is 0 Å². The van der Waals surface area contributed by atoms with Crippen LogP contribution in [0, 0.1) is 11.8 Å². The molecule has 0 heteroatoms. The minimum absolute atomic E-state index is 0.976. The van der Waals surface area contributed by atoms with E-state index in [1.807, 2.05) is 0 Å². The van der Waals surface area contributed by atoms with Crippen molar-refractivity contribution in [2.24, 2.45) is 11.8 Å². The lowest BCUT2D eigenvalue weighted by Gasteiger charge is -2.26. The van der Waals surface area contributed by atoms with E-state index in [-0.39, 0.29) is 0 Å². The summed E-state index contributed by atoms with van der Waals surface area (Å²) in [6.45, 7) is 6.45. The Morgan fingerprint density at radius 3 is 2.60 bits per heavy atom. The van der Waals surface area contributed by atoms with Crippen molar-refractivity contribution in [3.8, 4) is 0 Å². The second-order valence-corrected chi connectivity index (χ2v) is 5.24. The molecule has 1 saturated carbocycles. The third kappa shape index (κ3) is 2.84. The Labute approximate surface area is 93.8 Å². The lowest BCUT2D eigenvalue weighted by Crippen LogP contribution is -2.12. The fraction of sp³-hybridized carbons (Fsp3) is 0.600. The molecule has 2 rings (SSSR count). The molecule has 0 aromatic rings. The van der Waals surface area contributed by atoms with Crippen LogP contribution >= 0.6 is 0 Å². The van der Waals surface area contributed by atoms with Crippen LogP contribution < -0.4 is 0 Å². The Kier molecular flexibility index (Phi) is 3.45. The fourth-order valence-corrected chi connectivity index (χ4v) is 2.72. The first-order valence-corrected chi connectivity index (χ1v) is 6.32. The maximum atomic E-state index is 4.06. The van der Waals surface area contributed by atoms with E-state index in [0.29, 0.717) is 0 Å². The largest absolute Gasteiger partial charge is 0.0915 e. The van der Waals surface area contributed by atoms with Gasteiger partial charge in [-0.15, -0.1) is 0 Å². The predicted molar refractivity (Wildman–Crippen MR) is 66.7 cm³/mol. The summed E-state index contributed by atoms with van der Waals surface area (Å²) < 4.78 is 0. The van der Waals surface area contributed by atoms with Crippen molar-refractivity contribution in [1.29, 1.82) is 0 Å². The van der Waals surface area contributed by atoms with Gasteiger partial charge in [-0.3, -0.25) is 0 Å². The van der Waals surface area contributed by atoms with E-state index in [1.54, 1.807) is 0 Å². The molecule has 0 saturated heterocycles. The molecule has 0 unspecified atom stereocenters. The first-order chi connectivity index (χ1) is 7.25. The molecule has 15 heavy (non-hydrogen) atoms. The van der Waals surface area contributed by atoms with E-state index in [9.17, 15) is 0 Å². The minimum Gasteiger partial charge on any atom is -0.0915 e. The zero-order valence-electron chi connectivity index (χ0n) is 9.84. The maximum Gasteiger partial charge on any atom is -0.0271 e. The zero-order valence-corrected chi connectivity index (χ0v) is 9.84. The summed E-state index contributed by atoms with van der Waals surface area (Å²) in [6.07, 6.45) is 14.9. The van der Waals surface area contributed by atoms with Crippen molar-refractivity contribution in [1.82, 2.24) is 0 Å². The van der Waals surface area contributed by atoms with Gasteiger partial charge in [-0.2, -0.15) is 0 Å². The van der Waals surface area contributed by atoms with Crippen LogP contribution in [-0.2, 0) is 0 Å². The van der Waals surface area contributed by atoms with Crippen LogP contribution in [0.3, 0.4) is 0 Å². The smallest absolute Gasteiger partial charge is 0.0271 e. The number of hydrogen-bond donors (Lipinski definition) is 0. The molecule has 0 bridgehead atoms. The van der Waals surface area contributed by atoms with Crippen molar-refractivity contribution in [3.63, 3.8) is 0 Å². The second kappa shape index (κ2) is 4.83. The average molecular weight is 202 g/mol. The summed E-state index contributed by atoms with van der Waals surface area (Å²) in [7, 11) is 0. The van der Waals surface area contributed by atoms with Gasteiger partial charge in [-0.25, -0.2) is 0 Å². The lowest BCUT2D eigenvalue weighted by molar-refractivity contribution is 0.278. The predicted octanol–water partition coefficient (Wildman–Crippen LogP) is 4.65. The summed E-state index contributed by atoms with van der Waals surface area (Å²) in [5, 5.41) is 0. The summed E-state index contributed by atoms with van der Waals surface area (Å²) in [5.41, 5.74) is 2.70. The molecular formula is C15H22.